The predicted octanol–water partition coefficient (Wildman–Crippen LogP) is 3.60. The zero-order valence-corrected chi connectivity index (χ0v) is 18.6. The fourth-order valence-corrected chi connectivity index (χ4v) is 5.55. The minimum atomic E-state index is -3.28. The van der Waals surface area contributed by atoms with E-state index in [1.54, 1.807) is 30.8 Å². The van der Waals surface area contributed by atoms with Crippen LogP contribution in [-0.2, 0) is 9.84 Å². The van der Waals surface area contributed by atoms with Crippen LogP contribution in [0.15, 0.2) is 58.3 Å². The van der Waals surface area contributed by atoms with Crippen molar-refractivity contribution in [3.8, 4) is 0 Å². The smallest absolute Gasteiger partial charge is 0.179 e. The number of carbonyl (C=O) groups excluding carboxylic acids is 1. The SMILES string of the molecule is CCSc1cccc(S(=O)(=O)CCN2CCN(c3ccc(C(C)=O)cc3)CC2)c1. The summed E-state index contributed by atoms with van der Waals surface area (Å²) >= 11 is 1.65. The molecule has 0 bridgehead atoms. The van der Waals surface area contributed by atoms with Gasteiger partial charge in [0.05, 0.1) is 10.6 Å². The molecular formula is C22H28N2O3S2. The summed E-state index contributed by atoms with van der Waals surface area (Å²) in [6, 6.07) is 14.9. The highest BCUT2D eigenvalue weighted by Crippen LogP contribution is 2.22. The number of carbonyl (C=O) groups is 1. The Morgan fingerprint density at radius 3 is 2.34 bits per heavy atom. The molecule has 3 rings (SSSR count). The van der Waals surface area contributed by atoms with Crippen molar-refractivity contribution in [2.24, 2.45) is 0 Å². The average molecular weight is 433 g/mol. The highest BCUT2D eigenvalue weighted by Gasteiger charge is 2.21. The molecule has 29 heavy (non-hydrogen) atoms. The lowest BCUT2D eigenvalue weighted by molar-refractivity contribution is 0.101. The molecule has 0 spiro atoms. The first-order chi connectivity index (χ1) is 13.9. The van der Waals surface area contributed by atoms with Crippen LogP contribution in [0.4, 0.5) is 5.69 Å². The highest BCUT2D eigenvalue weighted by atomic mass is 32.2. The summed E-state index contributed by atoms with van der Waals surface area (Å²) in [7, 11) is -3.28. The number of hydrogen-bond acceptors (Lipinski definition) is 6. The van der Waals surface area contributed by atoms with Crippen LogP contribution in [-0.4, -0.2) is 63.3 Å². The second kappa shape index (κ2) is 9.78. The van der Waals surface area contributed by atoms with E-state index in [0.717, 1.165) is 48.1 Å². The molecular weight excluding hydrogens is 404 g/mol. The van der Waals surface area contributed by atoms with Gasteiger partial charge >= 0.3 is 0 Å². The first kappa shape index (κ1) is 21.9. The predicted molar refractivity (Wildman–Crippen MR) is 120 cm³/mol. The second-order valence-corrected chi connectivity index (χ2v) is 10.6. The van der Waals surface area contributed by atoms with Gasteiger partial charge in [-0.2, -0.15) is 0 Å². The number of thioether (sulfide) groups is 1. The highest BCUT2D eigenvalue weighted by molar-refractivity contribution is 7.99. The van der Waals surface area contributed by atoms with Gasteiger partial charge in [0.1, 0.15) is 0 Å². The van der Waals surface area contributed by atoms with Gasteiger partial charge in [0, 0.05) is 48.9 Å². The van der Waals surface area contributed by atoms with Crippen molar-refractivity contribution < 1.29 is 13.2 Å². The Hall–Kier alpha value is -1.83. The molecule has 2 aromatic carbocycles. The zero-order chi connectivity index (χ0) is 20.9. The van der Waals surface area contributed by atoms with Crippen molar-refractivity contribution in [2.75, 3.05) is 49.1 Å². The second-order valence-electron chi connectivity index (χ2n) is 7.16. The monoisotopic (exact) mass is 432 g/mol. The maximum Gasteiger partial charge on any atom is 0.179 e. The summed E-state index contributed by atoms with van der Waals surface area (Å²) in [5.41, 5.74) is 1.83. The lowest BCUT2D eigenvalue weighted by atomic mass is 10.1. The molecule has 1 aliphatic heterocycles. The quantitative estimate of drug-likeness (QED) is 0.469. The third kappa shape index (κ3) is 5.84. The molecule has 0 amide bonds. The third-order valence-electron chi connectivity index (χ3n) is 5.16. The first-order valence-corrected chi connectivity index (χ1v) is 12.6. The van der Waals surface area contributed by atoms with Gasteiger partial charge in [0.25, 0.3) is 0 Å². The topological polar surface area (TPSA) is 57.7 Å². The van der Waals surface area contributed by atoms with Crippen LogP contribution in [0.25, 0.3) is 0 Å². The normalized spacial score (nSPS) is 15.4. The van der Waals surface area contributed by atoms with Gasteiger partial charge in [-0.3, -0.25) is 9.69 Å². The van der Waals surface area contributed by atoms with Crippen molar-refractivity contribution in [2.45, 2.75) is 23.6 Å². The summed E-state index contributed by atoms with van der Waals surface area (Å²) in [5, 5.41) is 0. The van der Waals surface area contributed by atoms with Crippen LogP contribution in [0, 0.1) is 0 Å². The summed E-state index contributed by atoms with van der Waals surface area (Å²) in [6.45, 7) is 7.53. The van der Waals surface area contributed by atoms with Crippen molar-refractivity contribution in [3.63, 3.8) is 0 Å². The van der Waals surface area contributed by atoms with E-state index in [4.69, 9.17) is 0 Å². The average Bonchev–Trinajstić information content (AvgIpc) is 2.73. The summed E-state index contributed by atoms with van der Waals surface area (Å²) < 4.78 is 25.5. The first-order valence-electron chi connectivity index (χ1n) is 9.93. The van der Waals surface area contributed by atoms with Gasteiger partial charge in [0.2, 0.25) is 0 Å². The van der Waals surface area contributed by atoms with E-state index in [0.29, 0.717) is 11.4 Å². The maximum absolute atomic E-state index is 12.7. The van der Waals surface area contributed by atoms with Gasteiger partial charge in [-0.15, -0.1) is 11.8 Å². The Bertz CT molecular complexity index is 935. The largest absolute Gasteiger partial charge is 0.369 e. The number of rotatable bonds is 8. The molecule has 5 nitrogen and oxygen atoms in total. The van der Waals surface area contributed by atoms with E-state index in [1.807, 2.05) is 36.4 Å². The number of Topliss-reactive ketones (excluding diaryl/α,β-unsaturated/α-hetero) is 1. The van der Waals surface area contributed by atoms with Crippen molar-refractivity contribution in [1.29, 1.82) is 0 Å². The Labute approximate surface area is 178 Å². The molecule has 0 unspecified atom stereocenters. The number of hydrogen-bond donors (Lipinski definition) is 0. The summed E-state index contributed by atoms with van der Waals surface area (Å²) in [6.07, 6.45) is 0. The lowest BCUT2D eigenvalue weighted by Crippen LogP contribution is -2.47. The van der Waals surface area contributed by atoms with E-state index >= 15 is 0 Å². The fourth-order valence-electron chi connectivity index (χ4n) is 3.43. The standard InChI is InChI=1S/C22H28N2O3S2/c1-3-28-21-5-4-6-22(17-21)29(26,27)16-15-23-11-13-24(14-12-23)20-9-7-19(8-10-20)18(2)25/h4-10,17H,3,11-16H2,1-2H3. The molecule has 0 aromatic heterocycles. The van der Waals surface area contributed by atoms with Gasteiger partial charge in [0.15, 0.2) is 15.6 Å². The molecule has 0 saturated carbocycles. The number of ketones is 1. The van der Waals surface area contributed by atoms with Crippen molar-refractivity contribution in [1.82, 2.24) is 4.90 Å². The molecule has 0 atom stereocenters. The number of anilines is 1. The van der Waals surface area contributed by atoms with Crippen LogP contribution in [0.3, 0.4) is 0 Å². The Kier molecular flexibility index (Phi) is 7.38. The minimum Gasteiger partial charge on any atom is -0.369 e. The molecule has 1 heterocycles. The molecule has 1 aliphatic rings. The van der Waals surface area contributed by atoms with Gasteiger partial charge < -0.3 is 4.90 Å². The third-order valence-corrected chi connectivity index (χ3v) is 7.73. The molecule has 0 aliphatic carbocycles. The van der Waals surface area contributed by atoms with E-state index in [9.17, 15) is 13.2 Å². The number of nitrogens with zero attached hydrogens (tertiary/aromatic N) is 2. The fraction of sp³-hybridized carbons (Fsp3) is 0.409. The van der Waals surface area contributed by atoms with Crippen LogP contribution >= 0.6 is 11.8 Å². The van der Waals surface area contributed by atoms with E-state index in [2.05, 4.69) is 16.7 Å². The lowest BCUT2D eigenvalue weighted by Gasteiger charge is -2.36. The number of piperazine rings is 1. The van der Waals surface area contributed by atoms with Crippen LogP contribution in [0.1, 0.15) is 24.2 Å². The van der Waals surface area contributed by atoms with Crippen LogP contribution in [0.5, 0.6) is 0 Å². The summed E-state index contributed by atoms with van der Waals surface area (Å²) in [5.74, 6) is 1.13. The minimum absolute atomic E-state index is 0.0707. The van der Waals surface area contributed by atoms with E-state index < -0.39 is 9.84 Å². The molecule has 7 heteroatoms. The zero-order valence-electron chi connectivity index (χ0n) is 17.0. The summed E-state index contributed by atoms with van der Waals surface area (Å²) in [4.78, 5) is 17.3. The van der Waals surface area contributed by atoms with Crippen molar-refractivity contribution >= 4 is 33.1 Å². The van der Waals surface area contributed by atoms with Gasteiger partial charge in [-0.25, -0.2) is 8.42 Å². The van der Waals surface area contributed by atoms with Gasteiger partial charge in [-0.05, 0) is 55.1 Å². The maximum atomic E-state index is 12.7. The Morgan fingerprint density at radius 1 is 1.03 bits per heavy atom. The van der Waals surface area contributed by atoms with Crippen molar-refractivity contribution in [3.05, 3.63) is 54.1 Å². The molecule has 0 N–H and O–H groups in total. The molecule has 156 valence electrons. The molecule has 1 saturated heterocycles. The Balaban J connectivity index is 1.53. The number of benzene rings is 2. The molecule has 1 fully saturated rings. The van der Waals surface area contributed by atoms with Crippen LogP contribution in [0.2, 0.25) is 0 Å². The van der Waals surface area contributed by atoms with Gasteiger partial charge in [-0.1, -0.05) is 13.0 Å². The Morgan fingerprint density at radius 2 is 1.72 bits per heavy atom. The molecule has 2 aromatic rings. The van der Waals surface area contributed by atoms with E-state index in [-0.39, 0.29) is 11.5 Å². The van der Waals surface area contributed by atoms with E-state index in [1.165, 1.54) is 0 Å². The van der Waals surface area contributed by atoms with Crippen LogP contribution < -0.4 is 4.90 Å². The number of sulfone groups is 1. The molecule has 0 radical (unpaired) electrons.